The van der Waals surface area contributed by atoms with E-state index in [0.717, 1.165) is 29.3 Å². The van der Waals surface area contributed by atoms with Gasteiger partial charge in [-0.15, -0.1) is 6.42 Å². The molecule has 2 aromatic rings. The average molecular weight is 349 g/mol. The fraction of sp³-hybridized carbons (Fsp3) is 0.381. The average Bonchev–Trinajstić information content (AvgIpc) is 3.13. The number of hydrogen-bond donors (Lipinski definition) is 1. The molecule has 1 N–H and O–H groups in total. The van der Waals surface area contributed by atoms with Crippen molar-refractivity contribution in [2.45, 2.75) is 38.6 Å². The Morgan fingerprint density at radius 3 is 2.92 bits per heavy atom. The van der Waals surface area contributed by atoms with Crippen LogP contribution in [0.4, 0.5) is 0 Å². The summed E-state index contributed by atoms with van der Waals surface area (Å²) in [4.78, 5) is 31.2. The minimum Gasteiger partial charge on any atom is -0.343 e. The molecule has 5 heteroatoms. The summed E-state index contributed by atoms with van der Waals surface area (Å²) in [5, 5.41) is 3.60. The molecule has 0 radical (unpaired) electrons. The summed E-state index contributed by atoms with van der Waals surface area (Å²) in [6, 6.07) is 7.40. The third-order valence-corrected chi connectivity index (χ3v) is 4.83. The van der Waals surface area contributed by atoms with Gasteiger partial charge in [-0.3, -0.25) is 14.6 Å². The molecule has 1 aliphatic rings. The van der Waals surface area contributed by atoms with Crippen molar-refractivity contribution in [3.63, 3.8) is 0 Å². The maximum absolute atomic E-state index is 12.8. The highest BCUT2D eigenvalue weighted by atomic mass is 16.2. The summed E-state index contributed by atoms with van der Waals surface area (Å²) >= 11 is 0. The zero-order valence-electron chi connectivity index (χ0n) is 15.2. The van der Waals surface area contributed by atoms with Crippen molar-refractivity contribution in [3.05, 3.63) is 41.6 Å². The van der Waals surface area contributed by atoms with E-state index in [9.17, 15) is 9.59 Å². The number of pyridine rings is 1. The van der Waals surface area contributed by atoms with Crippen molar-refractivity contribution in [2.24, 2.45) is 0 Å². The number of fused-ring (bicyclic) bond motifs is 1. The van der Waals surface area contributed by atoms with Gasteiger partial charge in [0.1, 0.15) is 0 Å². The third-order valence-electron chi connectivity index (χ3n) is 4.83. The van der Waals surface area contributed by atoms with Gasteiger partial charge in [0.05, 0.1) is 23.7 Å². The lowest BCUT2D eigenvalue weighted by atomic mass is 9.95. The number of rotatable bonds is 4. The van der Waals surface area contributed by atoms with E-state index in [4.69, 9.17) is 6.42 Å². The van der Waals surface area contributed by atoms with Crippen LogP contribution in [-0.2, 0) is 4.79 Å². The first-order valence-electron chi connectivity index (χ1n) is 8.94. The van der Waals surface area contributed by atoms with E-state index in [0.29, 0.717) is 12.1 Å². The molecular formula is C21H23N3O2. The molecule has 1 aromatic heterocycles. The molecule has 3 rings (SSSR count). The standard InChI is InChI=1S/C21H23N3O2/c1-4-15-7-6-12-24(15)19(25)13-23-21(26)17-10-11-22-18-9-5-8-16(14(2)3)20(17)18/h1,5,8-11,14-15H,6-7,12-13H2,2-3H3,(H,23,26)/t15-/m1/s1. The maximum atomic E-state index is 12.8. The van der Waals surface area contributed by atoms with Crippen LogP contribution in [0, 0.1) is 12.3 Å². The second-order valence-corrected chi connectivity index (χ2v) is 6.85. The Balaban J connectivity index is 1.80. The number of nitrogens with one attached hydrogen (secondary N) is 1. The molecule has 0 spiro atoms. The lowest BCUT2D eigenvalue weighted by Crippen LogP contribution is -2.42. The van der Waals surface area contributed by atoms with Gasteiger partial charge in [-0.1, -0.05) is 31.9 Å². The van der Waals surface area contributed by atoms with E-state index in [-0.39, 0.29) is 30.3 Å². The summed E-state index contributed by atoms with van der Waals surface area (Å²) in [7, 11) is 0. The van der Waals surface area contributed by atoms with Crippen LogP contribution in [0.3, 0.4) is 0 Å². The zero-order valence-corrected chi connectivity index (χ0v) is 15.2. The molecule has 1 fully saturated rings. The van der Waals surface area contributed by atoms with E-state index in [1.54, 1.807) is 17.2 Å². The van der Waals surface area contributed by atoms with Gasteiger partial charge in [-0.2, -0.15) is 0 Å². The van der Waals surface area contributed by atoms with Crippen LogP contribution >= 0.6 is 0 Å². The number of benzene rings is 1. The molecule has 0 saturated carbocycles. The smallest absolute Gasteiger partial charge is 0.252 e. The van der Waals surface area contributed by atoms with Crippen molar-refractivity contribution < 1.29 is 9.59 Å². The fourth-order valence-corrected chi connectivity index (χ4v) is 3.50. The molecule has 26 heavy (non-hydrogen) atoms. The first-order valence-corrected chi connectivity index (χ1v) is 8.94. The number of carbonyl (C=O) groups excluding carboxylic acids is 2. The van der Waals surface area contributed by atoms with Gasteiger partial charge in [-0.25, -0.2) is 0 Å². The third kappa shape index (κ3) is 3.41. The van der Waals surface area contributed by atoms with Crippen LogP contribution in [0.1, 0.15) is 48.5 Å². The lowest BCUT2D eigenvalue weighted by Gasteiger charge is -2.21. The van der Waals surface area contributed by atoms with Crippen molar-refractivity contribution in [2.75, 3.05) is 13.1 Å². The highest BCUT2D eigenvalue weighted by Crippen LogP contribution is 2.27. The topological polar surface area (TPSA) is 62.3 Å². The minimum absolute atomic E-state index is 0.0509. The molecule has 2 amide bonds. The van der Waals surface area contributed by atoms with Crippen molar-refractivity contribution in [1.29, 1.82) is 0 Å². The largest absolute Gasteiger partial charge is 0.343 e. The highest BCUT2D eigenvalue weighted by Gasteiger charge is 2.27. The molecule has 1 aromatic carbocycles. The van der Waals surface area contributed by atoms with Crippen LogP contribution < -0.4 is 5.32 Å². The van der Waals surface area contributed by atoms with Crippen LogP contribution in [-0.4, -0.2) is 40.8 Å². The zero-order chi connectivity index (χ0) is 18.7. The Morgan fingerprint density at radius 2 is 2.19 bits per heavy atom. The first kappa shape index (κ1) is 17.9. The van der Waals surface area contributed by atoms with Gasteiger partial charge < -0.3 is 10.2 Å². The number of likely N-dealkylation sites (tertiary alicyclic amines) is 1. The van der Waals surface area contributed by atoms with Crippen molar-refractivity contribution in [3.8, 4) is 12.3 Å². The monoisotopic (exact) mass is 349 g/mol. The Kier molecular flexibility index (Phi) is 5.22. The molecule has 1 saturated heterocycles. The predicted molar refractivity (Wildman–Crippen MR) is 102 cm³/mol. The Bertz CT molecular complexity index is 877. The van der Waals surface area contributed by atoms with Crippen LogP contribution in [0.15, 0.2) is 30.5 Å². The number of nitrogens with zero attached hydrogens (tertiary/aromatic N) is 2. The van der Waals surface area contributed by atoms with Gasteiger partial charge >= 0.3 is 0 Å². The normalized spacial score (nSPS) is 16.7. The number of hydrogen-bond acceptors (Lipinski definition) is 3. The highest BCUT2D eigenvalue weighted by molar-refractivity contribution is 6.08. The number of carbonyl (C=O) groups is 2. The molecule has 0 aliphatic carbocycles. The van der Waals surface area contributed by atoms with E-state index < -0.39 is 0 Å². The van der Waals surface area contributed by atoms with Gasteiger partial charge in [0.2, 0.25) is 5.91 Å². The molecular weight excluding hydrogens is 326 g/mol. The molecule has 0 bridgehead atoms. The van der Waals surface area contributed by atoms with Crippen LogP contribution in [0.25, 0.3) is 10.9 Å². The quantitative estimate of drug-likeness (QED) is 0.864. The fourth-order valence-electron chi connectivity index (χ4n) is 3.50. The molecule has 2 heterocycles. The number of aromatic nitrogens is 1. The number of terminal acetylenes is 1. The van der Waals surface area contributed by atoms with E-state index in [1.807, 2.05) is 18.2 Å². The van der Waals surface area contributed by atoms with Gasteiger partial charge in [-0.05, 0) is 36.5 Å². The van der Waals surface area contributed by atoms with Gasteiger partial charge in [0, 0.05) is 18.1 Å². The maximum Gasteiger partial charge on any atom is 0.252 e. The number of amides is 2. The SMILES string of the molecule is C#C[C@@H]1CCCN1C(=O)CNC(=O)c1ccnc2cccc(C(C)C)c12. The molecule has 134 valence electrons. The summed E-state index contributed by atoms with van der Waals surface area (Å²) in [6.07, 6.45) is 8.83. The second-order valence-electron chi connectivity index (χ2n) is 6.85. The molecule has 0 unspecified atom stereocenters. The molecule has 1 aliphatic heterocycles. The summed E-state index contributed by atoms with van der Waals surface area (Å²) in [5.41, 5.74) is 2.39. The summed E-state index contributed by atoms with van der Waals surface area (Å²) < 4.78 is 0. The Labute approximate surface area is 153 Å². The minimum atomic E-state index is -0.268. The van der Waals surface area contributed by atoms with Crippen molar-refractivity contribution in [1.82, 2.24) is 15.2 Å². The Hall–Kier alpha value is -2.87. The molecule has 1 atom stereocenters. The van der Waals surface area contributed by atoms with Crippen molar-refractivity contribution >= 4 is 22.7 Å². The lowest BCUT2D eigenvalue weighted by molar-refractivity contribution is -0.130. The predicted octanol–water partition coefficient (Wildman–Crippen LogP) is 2.71. The van der Waals surface area contributed by atoms with Crippen LogP contribution in [0.2, 0.25) is 0 Å². The van der Waals surface area contributed by atoms with Gasteiger partial charge in [0.25, 0.3) is 5.91 Å². The second kappa shape index (κ2) is 7.57. The van der Waals surface area contributed by atoms with E-state index in [2.05, 4.69) is 30.1 Å². The van der Waals surface area contributed by atoms with E-state index >= 15 is 0 Å². The first-order chi connectivity index (χ1) is 12.5. The summed E-state index contributed by atoms with van der Waals surface area (Å²) in [6.45, 7) is 4.77. The van der Waals surface area contributed by atoms with E-state index in [1.165, 1.54) is 0 Å². The van der Waals surface area contributed by atoms with Crippen LogP contribution in [0.5, 0.6) is 0 Å². The molecule has 5 nitrogen and oxygen atoms in total. The van der Waals surface area contributed by atoms with Gasteiger partial charge in [0.15, 0.2) is 0 Å². The Morgan fingerprint density at radius 1 is 1.38 bits per heavy atom. The summed E-state index contributed by atoms with van der Waals surface area (Å²) in [5.74, 6) is 2.50.